The Hall–Kier alpha value is -2.67. The molecule has 1 heterocycles. The average Bonchev–Trinajstić information content (AvgIpc) is 3.53. The number of halogens is 2. The number of nitrogens with one attached hydrogen (secondary N) is 2. The van der Waals surface area contributed by atoms with Crippen LogP contribution >= 0.6 is 0 Å². The molecule has 0 atom stereocenters. The largest absolute Gasteiger partial charge is 0.467 e. The van der Waals surface area contributed by atoms with Crippen molar-refractivity contribution < 1.29 is 18.3 Å². The molecule has 0 amide bonds. The van der Waals surface area contributed by atoms with E-state index in [0.717, 1.165) is 29.5 Å². The first kappa shape index (κ1) is 20.6. The molecule has 5 nitrogen and oxygen atoms in total. The molecule has 0 bridgehead atoms. The van der Waals surface area contributed by atoms with Crippen LogP contribution in [-0.4, -0.2) is 32.4 Å². The zero-order valence-electron chi connectivity index (χ0n) is 17.1. The Morgan fingerprint density at radius 1 is 1.17 bits per heavy atom. The van der Waals surface area contributed by atoms with Crippen LogP contribution in [0.1, 0.15) is 36.5 Å². The van der Waals surface area contributed by atoms with Crippen molar-refractivity contribution in [3.8, 4) is 5.75 Å². The lowest BCUT2D eigenvalue weighted by Crippen LogP contribution is -2.39. The van der Waals surface area contributed by atoms with Gasteiger partial charge in [0.05, 0.1) is 13.2 Å². The van der Waals surface area contributed by atoms with Crippen LogP contribution in [0.2, 0.25) is 0 Å². The third-order valence-corrected chi connectivity index (χ3v) is 5.62. The Kier molecular flexibility index (Phi) is 6.18. The zero-order valence-corrected chi connectivity index (χ0v) is 17.1. The molecule has 160 valence electrons. The van der Waals surface area contributed by atoms with E-state index in [2.05, 4.69) is 10.6 Å². The molecule has 30 heavy (non-hydrogen) atoms. The monoisotopic (exact) mass is 415 g/mol. The van der Waals surface area contributed by atoms with E-state index < -0.39 is 0 Å². The second-order valence-electron chi connectivity index (χ2n) is 7.80. The van der Waals surface area contributed by atoms with E-state index in [1.807, 2.05) is 19.1 Å². The standard InChI is InChI=1S/C23H27F2N3O2/c1-2-26-22(28-14-23(8-9-23)19-5-3-4-6-20(19)25)27-10-7-16-11-18(24)12-17-13-29-15-30-21(16)17/h3-6,11-12H,2,7-10,13-15H2,1H3,(H2,26,27,28). The number of benzene rings is 2. The van der Waals surface area contributed by atoms with Crippen LogP contribution < -0.4 is 15.4 Å². The fourth-order valence-corrected chi connectivity index (χ4v) is 3.88. The molecular weight excluding hydrogens is 388 g/mol. The first-order chi connectivity index (χ1) is 14.6. The van der Waals surface area contributed by atoms with E-state index in [4.69, 9.17) is 14.5 Å². The highest BCUT2D eigenvalue weighted by molar-refractivity contribution is 5.79. The van der Waals surface area contributed by atoms with Crippen molar-refractivity contribution in [1.82, 2.24) is 10.6 Å². The zero-order chi connectivity index (χ0) is 21.0. The highest BCUT2D eigenvalue weighted by Crippen LogP contribution is 2.49. The van der Waals surface area contributed by atoms with Gasteiger partial charge in [-0.05, 0) is 55.5 Å². The summed E-state index contributed by atoms with van der Waals surface area (Å²) in [5.41, 5.74) is 2.08. The summed E-state index contributed by atoms with van der Waals surface area (Å²) in [5.74, 6) is 0.930. The van der Waals surface area contributed by atoms with E-state index in [-0.39, 0.29) is 23.8 Å². The molecule has 0 spiro atoms. The molecule has 4 rings (SSSR count). The van der Waals surface area contributed by atoms with Gasteiger partial charge in [-0.2, -0.15) is 0 Å². The van der Waals surface area contributed by atoms with Crippen LogP contribution in [0.4, 0.5) is 8.78 Å². The summed E-state index contributed by atoms with van der Waals surface area (Å²) in [6.45, 7) is 4.35. The number of aliphatic imine (C=N–C) groups is 1. The van der Waals surface area contributed by atoms with Crippen LogP contribution in [0.25, 0.3) is 0 Å². The summed E-state index contributed by atoms with van der Waals surface area (Å²) >= 11 is 0. The predicted octanol–water partition coefficient (Wildman–Crippen LogP) is 3.66. The SMILES string of the molecule is CCNC(=NCC1(c2ccccc2F)CC1)NCCc1cc(F)cc2c1OCOC2. The third kappa shape index (κ3) is 4.56. The fraction of sp³-hybridized carbons (Fsp3) is 0.435. The fourth-order valence-electron chi connectivity index (χ4n) is 3.88. The lowest BCUT2D eigenvalue weighted by atomic mass is 9.95. The van der Waals surface area contributed by atoms with Crippen molar-refractivity contribution in [2.45, 2.75) is 38.2 Å². The van der Waals surface area contributed by atoms with Gasteiger partial charge in [-0.3, -0.25) is 4.99 Å². The van der Waals surface area contributed by atoms with Gasteiger partial charge >= 0.3 is 0 Å². The molecule has 0 saturated heterocycles. The molecule has 2 aromatic carbocycles. The van der Waals surface area contributed by atoms with Gasteiger partial charge in [0, 0.05) is 24.1 Å². The van der Waals surface area contributed by atoms with Crippen molar-refractivity contribution in [3.05, 3.63) is 64.7 Å². The first-order valence-corrected chi connectivity index (χ1v) is 10.4. The number of hydrogen-bond acceptors (Lipinski definition) is 3. The molecule has 1 aliphatic carbocycles. The van der Waals surface area contributed by atoms with Crippen molar-refractivity contribution in [1.29, 1.82) is 0 Å². The van der Waals surface area contributed by atoms with Crippen LogP contribution in [0.15, 0.2) is 41.4 Å². The molecule has 2 N–H and O–H groups in total. The number of ether oxygens (including phenoxy) is 2. The Morgan fingerprint density at radius 2 is 2.00 bits per heavy atom. The van der Waals surface area contributed by atoms with Crippen LogP contribution in [0.3, 0.4) is 0 Å². The Labute approximate surface area is 175 Å². The molecule has 0 radical (unpaired) electrons. The van der Waals surface area contributed by atoms with E-state index in [0.29, 0.717) is 44.4 Å². The quantitative estimate of drug-likeness (QED) is 0.535. The Balaban J connectivity index is 1.40. The molecule has 0 unspecified atom stereocenters. The third-order valence-electron chi connectivity index (χ3n) is 5.62. The molecule has 1 aliphatic heterocycles. The highest BCUT2D eigenvalue weighted by Gasteiger charge is 2.45. The number of nitrogens with zero attached hydrogens (tertiary/aromatic N) is 1. The van der Waals surface area contributed by atoms with E-state index in [1.165, 1.54) is 18.2 Å². The molecule has 7 heteroatoms. The van der Waals surface area contributed by atoms with Gasteiger partial charge in [-0.15, -0.1) is 0 Å². The first-order valence-electron chi connectivity index (χ1n) is 10.4. The topological polar surface area (TPSA) is 54.9 Å². The number of hydrogen-bond donors (Lipinski definition) is 2. The summed E-state index contributed by atoms with van der Waals surface area (Å²) in [7, 11) is 0. The molecule has 1 saturated carbocycles. The molecule has 2 aliphatic rings. The lowest BCUT2D eigenvalue weighted by molar-refractivity contribution is -0.0172. The average molecular weight is 415 g/mol. The van der Waals surface area contributed by atoms with Gasteiger partial charge in [0.15, 0.2) is 12.8 Å². The van der Waals surface area contributed by atoms with Crippen LogP contribution in [-0.2, 0) is 23.2 Å². The summed E-state index contributed by atoms with van der Waals surface area (Å²) in [6.07, 6.45) is 2.46. The molecular formula is C23H27F2N3O2. The number of rotatable bonds is 7. The summed E-state index contributed by atoms with van der Waals surface area (Å²) < 4.78 is 39.0. The molecule has 0 aromatic heterocycles. The summed E-state index contributed by atoms with van der Waals surface area (Å²) in [5, 5.41) is 6.53. The van der Waals surface area contributed by atoms with Gasteiger partial charge in [0.25, 0.3) is 0 Å². The smallest absolute Gasteiger partial charge is 0.191 e. The minimum atomic E-state index is -0.293. The van der Waals surface area contributed by atoms with Gasteiger partial charge in [-0.1, -0.05) is 18.2 Å². The minimum Gasteiger partial charge on any atom is -0.467 e. The second-order valence-corrected chi connectivity index (χ2v) is 7.80. The Bertz CT molecular complexity index is 929. The second kappa shape index (κ2) is 9.00. The molecule has 1 fully saturated rings. The lowest BCUT2D eigenvalue weighted by Gasteiger charge is -2.21. The van der Waals surface area contributed by atoms with E-state index >= 15 is 0 Å². The van der Waals surface area contributed by atoms with Gasteiger partial charge in [-0.25, -0.2) is 8.78 Å². The maximum Gasteiger partial charge on any atom is 0.191 e. The van der Waals surface area contributed by atoms with Crippen LogP contribution in [0.5, 0.6) is 5.75 Å². The maximum atomic E-state index is 14.2. The maximum absolute atomic E-state index is 14.2. The van der Waals surface area contributed by atoms with Crippen molar-refractivity contribution in [2.24, 2.45) is 4.99 Å². The molecule has 2 aromatic rings. The highest BCUT2D eigenvalue weighted by atomic mass is 19.1. The van der Waals surface area contributed by atoms with E-state index in [9.17, 15) is 8.78 Å². The van der Waals surface area contributed by atoms with Crippen molar-refractivity contribution >= 4 is 5.96 Å². The van der Waals surface area contributed by atoms with Crippen molar-refractivity contribution in [3.63, 3.8) is 0 Å². The number of guanidine groups is 1. The van der Waals surface area contributed by atoms with Gasteiger partial charge in [0.1, 0.15) is 17.4 Å². The summed E-state index contributed by atoms with van der Waals surface area (Å²) in [4.78, 5) is 4.70. The minimum absolute atomic E-state index is 0.164. The van der Waals surface area contributed by atoms with E-state index in [1.54, 1.807) is 6.07 Å². The van der Waals surface area contributed by atoms with Crippen molar-refractivity contribution in [2.75, 3.05) is 26.4 Å². The number of fused-ring (bicyclic) bond motifs is 1. The Morgan fingerprint density at radius 3 is 2.77 bits per heavy atom. The van der Waals surface area contributed by atoms with Crippen LogP contribution in [0, 0.1) is 11.6 Å². The normalized spacial score (nSPS) is 17.1. The predicted molar refractivity (Wildman–Crippen MR) is 112 cm³/mol. The van der Waals surface area contributed by atoms with Gasteiger partial charge in [0.2, 0.25) is 0 Å². The summed E-state index contributed by atoms with van der Waals surface area (Å²) in [6, 6.07) is 9.91. The van der Waals surface area contributed by atoms with Gasteiger partial charge < -0.3 is 20.1 Å².